The van der Waals surface area contributed by atoms with Gasteiger partial charge in [0.1, 0.15) is 6.10 Å². The molecule has 28 heavy (non-hydrogen) atoms. The summed E-state index contributed by atoms with van der Waals surface area (Å²) < 4.78 is 6.02. The highest BCUT2D eigenvalue weighted by atomic mass is 35.5. The lowest BCUT2D eigenvalue weighted by Crippen LogP contribution is -2.51. The van der Waals surface area contributed by atoms with Gasteiger partial charge in [-0.15, -0.1) is 5.10 Å². The van der Waals surface area contributed by atoms with Crippen molar-refractivity contribution in [2.75, 3.05) is 13.1 Å². The number of ether oxygens (including phenoxy) is 1. The van der Waals surface area contributed by atoms with Gasteiger partial charge in [-0.25, -0.2) is 0 Å². The number of hydrogen-bond acceptors (Lipinski definition) is 4. The van der Waals surface area contributed by atoms with Crippen molar-refractivity contribution in [2.24, 2.45) is 0 Å². The van der Waals surface area contributed by atoms with Crippen LogP contribution in [0.2, 0.25) is 5.02 Å². The van der Waals surface area contributed by atoms with E-state index in [0.29, 0.717) is 17.4 Å². The van der Waals surface area contributed by atoms with Crippen LogP contribution in [-0.2, 0) is 10.2 Å². The molecule has 0 spiro atoms. The highest BCUT2D eigenvalue weighted by Gasteiger charge is 2.45. The zero-order valence-corrected chi connectivity index (χ0v) is 17.0. The molecule has 1 unspecified atom stereocenters. The maximum Gasteiger partial charge on any atom is 0.233 e. The number of carbonyl (C=O) groups excluding carboxylic acids is 1. The fourth-order valence-corrected chi connectivity index (χ4v) is 4.64. The van der Waals surface area contributed by atoms with Crippen molar-refractivity contribution >= 4 is 17.5 Å². The summed E-state index contributed by atoms with van der Waals surface area (Å²) in [7, 11) is 0. The molecule has 1 aromatic carbocycles. The summed E-state index contributed by atoms with van der Waals surface area (Å²) in [5.74, 6) is 0.758. The van der Waals surface area contributed by atoms with E-state index in [2.05, 4.69) is 10.2 Å². The molecule has 1 aliphatic carbocycles. The summed E-state index contributed by atoms with van der Waals surface area (Å²) in [5, 5.41) is 8.86. The minimum absolute atomic E-state index is 0.0432. The number of aromatic nitrogens is 2. The first-order valence-electron chi connectivity index (χ1n) is 10.1. The van der Waals surface area contributed by atoms with Crippen LogP contribution in [0.25, 0.3) is 0 Å². The lowest BCUT2D eigenvalue weighted by molar-refractivity contribution is -0.140. The van der Waals surface area contributed by atoms with E-state index in [4.69, 9.17) is 16.3 Å². The Hall–Kier alpha value is -2.14. The monoisotopic (exact) mass is 399 g/mol. The zero-order chi connectivity index (χ0) is 19.6. The zero-order valence-electron chi connectivity index (χ0n) is 16.2. The minimum atomic E-state index is -0.420. The van der Waals surface area contributed by atoms with Crippen LogP contribution in [0.1, 0.15) is 49.8 Å². The molecule has 1 saturated carbocycles. The first-order valence-corrected chi connectivity index (χ1v) is 10.5. The van der Waals surface area contributed by atoms with Crippen molar-refractivity contribution in [3.8, 4) is 5.88 Å². The fourth-order valence-electron chi connectivity index (χ4n) is 4.52. The molecule has 1 aromatic heterocycles. The van der Waals surface area contributed by atoms with E-state index in [1.807, 2.05) is 48.2 Å². The molecule has 2 fully saturated rings. The van der Waals surface area contributed by atoms with Crippen molar-refractivity contribution in [3.63, 3.8) is 0 Å². The van der Waals surface area contributed by atoms with Crippen LogP contribution in [0.5, 0.6) is 5.88 Å². The van der Waals surface area contributed by atoms with E-state index in [1.54, 1.807) is 0 Å². The van der Waals surface area contributed by atoms with Crippen molar-refractivity contribution in [2.45, 2.75) is 57.0 Å². The Morgan fingerprint density at radius 2 is 1.86 bits per heavy atom. The normalized spacial score (nSPS) is 21.5. The molecule has 148 valence electrons. The van der Waals surface area contributed by atoms with E-state index in [1.165, 1.54) is 0 Å². The van der Waals surface area contributed by atoms with Crippen LogP contribution >= 0.6 is 11.6 Å². The topological polar surface area (TPSA) is 55.3 Å². The standard InChI is InChI=1S/C22H26ClN3O2/c1-16-6-11-20(25-24-16)28-19-5-4-14-26(15-19)21(27)22(12-2-3-13-22)17-7-9-18(23)10-8-17/h6-11,19H,2-5,12-15H2,1H3. The van der Waals surface area contributed by atoms with Crippen LogP contribution in [-0.4, -0.2) is 40.2 Å². The fraction of sp³-hybridized carbons (Fsp3) is 0.500. The molecular weight excluding hydrogens is 374 g/mol. The summed E-state index contributed by atoms with van der Waals surface area (Å²) in [6.07, 6.45) is 5.79. The second-order valence-electron chi connectivity index (χ2n) is 7.94. The minimum Gasteiger partial charge on any atom is -0.471 e. The molecule has 6 heteroatoms. The molecule has 4 rings (SSSR count). The number of aryl methyl sites for hydroxylation is 1. The molecule has 2 aromatic rings. The van der Waals surface area contributed by atoms with Gasteiger partial charge in [-0.3, -0.25) is 4.79 Å². The number of hydrogen-bond donors (Lipinski definition) is 0. The number of nitrogens with zero attached hydrogens (tertiary/aromatic N) is 3. The van der Waals surface area contributed by atoms with Gasteiger partial charge in [0.2, 0.25) is 11.8 Å². The number of likely N-dealkylation sites (tertiary alicyclic amines) is 1. The van der Waals surface area contributed by atoms with E-state index in [0.717, 1.165) is 56.3 Å². The first-order chi connectivity index (χ1) is 13.6. The first kappa shape index (κ1) is 19.2. The van der Waals surface area contributed by atoms with Crippen LogP contribution in [0.15, 0.2) is 36.4 Å². The van der Waals surface area contributed by atoms with Crippen molar-refractivity contribution in [3.05, 3.63) is 52.7 Å². The molecular formula is C22H26ClN3O2. The van der Waals surface area contributed by atoms with Crippen molar-refractivity contribution in [1.82, 2.24) is 15.1 Å². The summed E-state index contributed by atoms with van der Waals surface area (Å²) in [5.41, 5.74) is 1.53. The molecule has 0 bridgehead atoms. The van der Waals surface area contributed by atoms with Gasteiger partial charge < -0.3 is 9.64 Å². The quantitative estimate of drug-likeness (QED) is 0.768. The third-order valence-corrected chi connectivity index (χ3v) is 6.24. The molecule has 0 radical (unpaired) electrons. The lowest BCUT2D eigenvalue weighted by Gasteiger charge is -2.39. The van der Waals surface area contributed by atoms with Gasteiger partial charge >= 0.3 is 0 Å². The van der Waals surface area contributed by atoms with Crippen molar-refractivity contribution in [1.29, 1.82) is 0 Å². The van der Waals surface area contributed by atoms with E-state index in [9.17, 15) is 4.79 Å². The van der Waals surface area contributed by atoms with Crippen LogP contribution < -0.4 is 4.74 Å². The average molecular weight is 400 g/mol. The smallest absolute Gasteiger partial charge is 0.233 e. The third kappa shape index (κ3) is 3.86. The van der Waals surface area contributed by atoms with Crippen molar-refractivity contribution < 1.29 is 9.53 Å². The molecule has 2 heterocycles. The predicted octanol–water partition coefficient (Wildman–Crippen LogP) is 4.32. The maximum absolute atomic E-state index is 13.7. The van der Waals surface area contributed by atoms with Crippen LogP contribution in [0, 0.1) is 6.92 Å². The second kappa shape index (κ2) is 8.08. The van der Waals surface area contributed by atoms with E-state index < -0.39 is 5.41 Å². The molecule has 1 atom stereocenters. The molecule has 1 aliphatic heterocycles. The number of carbonyl (C=O) groups is 1. The van der Waals surface area contributed by atoms with Gasteiger partial charge in [0.05, 0.1) is 17.7 Å². The molecule has 1 saturated heterocycles. The third-order valence-electron chi connectivity index (χ3n) is 5.99. The van der Waals surface area contributed by atoms with Gasteiger partial charge in [0.15, 0.2) is 0 Å². The lowest BCUT2D eigenvalue weighted by atomic mass is 9.77. The SMILES string of the molecule is Cc1ccc(OC2CCCN(C(=O)C3(c4ccc(Cl)cc4)CCCC3)C2)nn1. The molecule has 5 nitrogen and oxygen atoms in total. The number of benzene rings is 1. The highest BCUT2D eigenvalue weighted by molar-refractivity contribution is 6.30. The number of piperidine rings is 1. The largest absolute Gasteiger partial charge is 0.471 e. The summed E-state index contributed by atoms with van der Waals surface area (Å²) in [4.78, 5) is 15.7. The summed E-state index contributed by atoms with van der Waals surface area (Å²) in [6.45, 7) is 3.28. The van der Waals surface area contributed by atoms with Crippen LogP contribution in [0.3, 0.4) is 0 Å². The summed E-state index contributed by atoms with van der Waals surface area (Å²) >= 11 is 6.07. The Morgan fingerprint density at radius 1 is 1.11 bits per heavy atom. The van der Waals surface area contributed by atoms with Gasteiger partial charge in [0.25, 0.3) is 0 Å². The van der Waals surface area contributed by atoms with Gasteiger partial charge in [-0.05, 0) is 56.4 Å². The van der Waals surface area contributed by atoms with Crippen LogP contribution in [0.4, 0.5) is 0 Å². The van der Waals surface area contributed by atoms with Gasteiger partial charge in [-0.1, -0.05) is 36.6 Å². The Labute approximate surface area is 171 Å². The number of halogens is 1. The van der Waals surface area contributed by atoms with E-state index in [-0.39, 0.29) is 12.0 Å². The summed E-state index contributed by atoms with van der Waals surface area (Å²) in [6, 6.07) is 11.6. The average Bonchev–Trinajstić information content (AvgIpc) is 3.21. The van der Waals surface area contributed by atoms with E-state index >= 15 is 0 Å². The number of amides is 1. The number of rotatable bonds is 4. The highest BCUT2D eigenvalue weighted by Crippen LogP contribution is 2.43. The predicted molar refractivity (Wildman–Crippen MR) is 109 cm³/mol. The van der Waals surface area contributed by atoms with Gasteiger partial charge in [0, 0.05) is 17.6 Å². The van der Waals surface area contributed by atoms with Gasteiger partial charge in [-0.2, -0.15) is 5.10 Å². The molecule has 0 N–H and O–H groups in total. The Balaban J connectivity index is 1.50. The molecule has 2 aliphatic rings. The molecule has 1 amide bonds. The Kier molecular flexibility index (Phi) is 5.54. The Bertz CT molecular complexity index is 817. The Morgan fingerprint density at radius 3 is 2.54 bits per heavy atom. The maximum atomic E-state index is 13.7. The second-order valence-corrected chi connectivity index (χ2v) is 8.38.